The smallest absolute Gasteiger partial charge is 0.0662 e. The maximum absolute atomic E-state index is 6.56. The fraction of sp³-hybridized carbons (Fsp3) is 1.00. The highest BCUT2D eigenvalue weighted by Gasteiger charge is 2.58. The monoisotopic (exact) mass is 270 g/mol. The molecule has 0 aromatic heterocycles. The highest BCUT2D eigenvalue weighted by Crippen LogP contribution is 2.49. The Morgan fingerprint density at radius 2 is 2.00 bits per heavy atom. The van der Waals surface area contributed by atoms with Crippen LogP contribution in [0.2, 0.25) is 0 Å². The molecule has 0 aromatic rings. The predicted molar refractivity (Wildman–Crippen MR) is 82.3 cm³/mol. The van der Waals surface area contributed by atoms with Gasteiger partial charge in [-0.1, -0.05) is 40.0 Å². The van der Waals surface area contributed by atoms with Crippen molar-refractivity contribution in [3.05, 3.63) is 0 Å². The largest absolute Gasteiger partial charge is 0.378 e. The Kier molecular flexibility index (Phi) is 6.28. The lowest BCUT2D eigenvalue weighted by molar-refractivity contribution is -0.148. The van der Waals surface area contributed by atoms with Gasteiger partial charge >= 0.3 is 0 Å². The molecule has 0 radical (unpaired) electrons. The van der Waals surface area contributed by atoms with Crippen LogP contribution < -0.4 is 11.1 Å². The molecule has 1 aliphatic carbocycles. The second-order valence-electron chi connectivity index (χ2n) is 6.80. The summed E-state index contributed by atoms with van der Waals surface area (Å²) >= 11 is 0. The second kappa shape index (κ2) is 7.05. The van der Waals surface area contributed by atoms with Crippen LogP contribution in [0.5, 0.6) is 0 Å². The van der Waals surface area contributed by atoms with Crippen molar-refractivity contribution in [2.45, 2.75) is 84.4 Å². The SMILES string of the molecule is CCCCCC(C)NCC1(N)CC(OCC)C1(C)C. The molecule has 0 bridgehead atoms. The summed E-state index contributed by atoms with van der Waals surface area (Å²) in [6.07, 6.45) is 6.48. The molecule has 3 N–H and O–H groups in total. The molecule has 1 saturated carbocycles. The van der Waals surface area contributed by atoms with E-state index in [0.29, 0.717) is 12.1 Å². The number of hydrogen-bond acceptors (Lipinski definition) is 3. The number of ether oxygens (including phenoxy) is 1. The first-order valence-electron chi connectivity index (χ1n) is 8.01. The van der Waals surface area contributed by atoms with Gasteiger partial charge in [0.25, 0.3) is 0 Å². The first kappa shape index (κ1) is 16.9. The minimum atomic E-state index is -0.119. The van der Waals surface area contributed by atoms with Crippen molar-refractivity contribution in [2.75, 3.05) is 13.2 Å². The van der Waals surface area contributed by atoms with Crippen molar-refractivity contribution in [3.63, 3.8) is 0 Å². The summed E-state index contributed by atoms with van der Waals surface area (Å²) in [5.41, 5.74) is 6.51. The minimum Gasteiger partial charge on any atom is -0.378 e. The molecule has 1 aliphatic rings. The quantitative estimate of drug-likeness (QED) is 0.633. The summed E-state index contributed by atoms with van der Waals surface area (Å²) in [7, 11) is 0. The molecule has 0 aromatic carbocycles. The average molecular weight is 270 g/mol. The maximum atomic E-state index is 6.56. The average Bonchev–Trinajstić information content (AvgIpc) is 2.36. The van der Waals surface area contributed by atoms with Crippen molar-refractivity contribution in [2.24, 2.45) is 11.1 Å². The summed E-state index contributed by atoms with van der Waals surface area (Å²) in [4.78, 5) is 0. The van der Waals surface area contributed by atoms with Crippen LogP contribution in [0.4, 0.5) is 0 Å². The zero-order valence-corrected chi connectivity index (χ0v) is 13.6. The Labute approximate surface area is 119 Å². The third kappa shape index (κ3) is 3.93. The second-order valence-corrected chi connectivity index (χ2v) is 6.80. The van der Waals surface area contributed by atoms with Gasteiger partial charge in [0, 0.05) is 30.1 Å². The summed E-state index contributed by atoms with van der Waals surface area (Å²) < 4.78 is 5.77. The summed E-state index contributed by atoms with van der Waals surface area (Å²) in [6, 6.07) is 0.564. The molecule has 0 aliphatic heterocycles. The van der Waals surface area contributed by atoms with Crippen molar-refractivity contribution >= 4 is 0 Å². The highest BCUT2D eigenvalue weighted by molar-refractivity contribution is 5.14. The van der Waals surface area contributed by atoms with Crippen LogP contribution in [0.3, 0.4) is 0 Å². The third-order valence-electron chi connectivity index (χ3n) is 5.01. The van der Waals surface area contributed by atoms with Crippen molar-refractivity contribution in [3.8, 4) is 0 Å². The van der Waals surface area contributed by atoms with Crippen LogP contribution in [0.25, 0.3) is 0 Å². The number of nitrogens with two attached hydrogens (primary N) is 1. The lowest BCUT2D eigenvalue weighted by Crippen LogP contribution is -2.73. The normalized spacial score (nSPS) is 30.9. The Bertz CT molecular complexity index is 267. The van der Waals surface area contributed by atoms with E-state index in [0.717, 1.165) is 19.6 Å². The van der Waals surface area contributed by atoms with Gasteiger partial charge in [0.15, 0.2) is 0 Å². The maximum Gasteiger partial charge on any atom is 0.0662 e. The lowest BCUT2D eigenvalue weighted by atomic mass is 9.54. The van der Waals surface area contributed by atoms with E-state index in [4.69, 9.17) is 10.5 Å². The number of hydrogen-bond donors (Lipinski definition) is 2. The Morgan fingerprint density at radius 3 is 2.53 bits per heavy atom. The van der Waals surface area contributed by atoms with Gasteiger partial charge in [-0.05, 0) is 26.7 Å². The molecular formula is C16H34N2O. The molecular weight excluding hydrogens is 236 g/mol. The van der Waals surface area contributed by atoms with Gasteiger partial charge in [-0.2, -0.15) is 0 Å². The molecule has 114 valence electrons. The van der Waals surface area contributed by atoms with E-state index in [1.807, 2.05) is 0 Å². The summed E-state index contributed by atoms with van der Waals surface area (Å²) in [5, 5.41) is 3.62. The fourth-order valence-electron chi connectivity index (χ4n) is 2.97. The molecule has 0 spiro atoms. The van der Waals surface area contributed by atoms with Crippen LogP contribution >= 0.6 is 0 Å². The fourth-order valence-corrected chi connectivity index (χ4v) is 2.97. The molecule has 3 atom stereocenters. The molecule has 3 unspecified atom stereocenters. The minimum absolute atomic E-state index is 0.0686. The van der Waals surface area contributed by atoms with Crippen LogP contribution in [0.15, 0.2) is 0 Å². The third-order valence-corrected chi connectivity index (χ3v) is 5.01. The Hall–Kier alpha value is -0.120. The standard InChI is InChI=1S/C16H34N2O/c1-6-8-9-10-13(3)18-12-16(17)11-14(19-7-2)15(16,4)5/h13-14,18H,6-12,17H2,1-5H3. The van der Waals surface area contributed by atoms with E-state index in [-0.39, 0.29) is 11.0 Å². The molecule has 1 rings (SSSR count). The van der Waals surface area contributed by atoms with Crippen molar-refractivity contribution in [1.29, 1.82) is 0 Å². The molecule has 3 nitrogen and oxygen atoms in total. The van der Waals surface area contributed by atoms with Crippen LogP contribution in [0.1, 0.15) is 66.7 Å². The molecule has 0 amide bonds. The van der Waals surface area contributed by atoms with Crippen LogP contribution in [-0.2, 0) is 4.74 Å². The van der Waals surface area contributed by atoms with Gasteiger partial charge in [0.2, 0.25) is 0 Å². The van der Waals surface area contributed by atoms with E-state index in [1.54, 1.807) is 0 Å². The molecule has 3 heteroatoms. The van der Waals surface area contributed by atoms with Gasteiger partial charge in [-0.3, -0.25) is 0 Å². The van der Waals surface area contributed by atoms with E-state index in [1.165, 1.54) is 25.7 Å². The van der Waals surface area contributed by atoms with Gasteiger partial charge in [-0.25, -0.2) is 0 Å². The number of unbranched alkanes of at least 4 members (excludes halogenated alkanes) is 2. The van der Waals surface area contributed by atoms with Gasteiger partial charge in [0.05, 0.1) is 6.10 Å². The zero-order valence-electron chi connectivity index (χ0n) is 13.6. The highest BCUT2D eigenvalue weighted by atomic mass is 16.5. The molecule has 19 heavy (non-hydrogen) atoms. The van der Waals surface area contributed by atoms with Crippen molar-refractivity contribution in [1.82, 2.24) is 5.32 Å². The van der Waals surface area contributed by atoms with Crippen LogP contribution in [0, 0.1) is 5.41 Å². The van der Waals surface area contributed by atoms with Gasteiger partial charge < -0.3 is 15.8 Å². The van der Waals surface area contributed by atoms with Crippen LogP contribution in [-0.4, -0.2) is 30.8 Å². The summed E-state index contributed by atoms with van der Waals surface area (Å²) in [5.74, 6) is 0. The number of rotatable bonds is 9. The van der Waals surface area contributed by atoms with Gasteiger partial charge in [-0.15, -0.1) is 0 Å². The first-order valence-corrected chi connectivity index (χ1v) is 8.01. The van der Waals surface area contributed by atoms with Crippen molar-refractivity contribution < 1.29 is 4.74 Å². The Balaban J connectivity index is 2.33. The number of nitrogens with one attached hydrogen (secondary N) is 1. The zero-order chi connectivity index (χ0) is 14.5. The molecule has 0 heterocycles. The topological polar surface area (TPSA) is 47.3 Å². The van der Waals surface area contributed by atoms with E-state index in [9.17, 15) is 0 Å². The van der Waals surface area contributed by atoms with Gasteiger partial charge in [0.1, 0.15) is 0 Å². The van der Waals surface area contributed by atoms with E-state index < -0.39 is 0 Å². The first-order chi connectivity index (χ1) is 8.87. The van der Waals surface area contributed by atoms with E-state index in [2.05, 4.69) is 39.9 Å². The van der Waals surface area contributed by atoms with E-state index >= 15 is 0 Å². The predicted octanol–water partition coefficient (Wildman–Crippen LogP) is 3.08. The molecule has 0 saturated heterocycles. The summed E-state index contributed by atoms with van der Waals surface area (Å²) in [6.45, 7) is 12.7. The Morgan fingerprint density at radius 1 is 1.32 bits per heavy atom. The lowest BCUT2D eigenvalue weighted by Gasteiger charge is -2.59. The molecule has 1 fully saturated rings.